The third kappa shape index (κ3) is 4.87. The van der Waals surface area contributed by atoms with Crippen LogP contribution in [0.4, 0.5) is 0 Å². The minimum Gasteiger partial charge on any atom is -0.0622 e. The van der Waals surface area contributed by atoms with Crippen LogP contribution in [0.1, 0.15) is 0 Å². The lowest BCUT2D eigenvalue weighted by Crippen LogP contribution is -1.91. The van der Waals surface area contributed by atoms with Gasteiger partial charge >= 0.3 is 0 Å². The molecule has 0 N–H and O–H groups in total. The molecule has 0 aliphatic heterocycles. The third-order valence-electron chi connectivity index (χ3n) is 9.65. The summed E-state index contributed by atoms with van der Waals surface area (Å²) in [5, 5.41) is 7.56. The Bertz CT molecular complexity index is 2520. The molecule has 224 valence electrons. The summed E-state index contributed by atoms with van der Waals surface area (Å²) < 4.78 is 0. The van der Waals surface area contributed by atoms with Crippen molar-refractivity contribution >= 4 is 32.3 Å². The summed E-state index contributed by atoms with van der Waals surface area (Å²) in [6.45, 7) is 0. The van der Waals surface area contributed by atoms with Gasteiger partial charge in [-0.1, -0.05) is 176 Å². The predicted octanol–water partition coefficient (Wildman–Crippen LogP) is 13.5. The van der Waals surface area contributed by atoms with Gasteiger partial charge in [0.05, 0.1) is 0 Å². The van der Waals surface area contributed by atoms with Gasteiger partial charge in [0, 0.05) is 0 Å². The van der Waals surface area contributed by atoms with Crippen LogP contribution in [0, 0.1) is 0 Å². The van der Waals surface area contributed by atoms with Crippen molar-refractivity contribution in [1.29, 1.82) is 0 Å². The Morgan fingerprint density at radius 2 is 0.646 bits per heavy atom. The second-order valence-corrected chi connectivity index (χ2v) is 12.5. The van der Waals surface area contributed by atoms with Crippen LogP contribution < -0.4 is 0 Å². The maximum atomic E-state index is 2.39. The van der Waals surface area contributed by atoms with Gasteiger partial charge in [-0.05, 0) is 106 Å². The molecule has 0 aliphatic carbocycles. The van der Waals surface area contributed by atoms with E-state index in [1.54, 1.807) is 0 Å². The number of fused-ring (bicyclic) bond motifs is 3. The minimum atomic E-state index is 1.21. The summed E-state index contributed by atoms with van der Waals surface area (Å²) in [4.78, 5) is 0. The second kappa shape index (κ2) is 11.8. The third-order valence-corrected chi connectivity index (χ3v) is 9.65. The highest BCUT2D eigenvalue weighted by molar-refractivity contribution is 6.21. The SMILES string of the molecule is c1ccc(-c2ccc(-c3ccccc3)c(-c3ccc4ccc(-c5c6ccccc6c(-c6ccccc6)c6ccccc56)cc4c3)c2)cc1. The number of rotatable bonds is 5. The normalized spacial score (nSPS) is 11.3. The van der Waals surface area contributed by atoms with E-state index in [9.17, 15) is 0 Å². The number of hydrogen-bond acceptors (Lipinski definition) is 0. The molecular weight excluding hydrogens is 577 g/mol. The lowest BCUT2D eigenvalue weighted by molar-refractivity contribution is 1.57. The van der Waals surface area contributed by atoms with Gasteiger partial charge in [-0.25, -0.2) is 0 Å². The van der Waals surface area contributed by atoms with Crippen LogP contribution in [0.2, 0.25) is 0 Å². The van der Waals surface area contributed by atoms with Gasteiger partial charge in [0.15, 0.2) is 0 Å². The quantitative estimate of drug-likeness (QED) is 0.171. The molecule has 0 heterocycles. The molecule has 0 aliphatic rings. The first-order valence-electron chi connectivity index (χ1n) is 16.6. The van der Waals surface area contributed by atoms with Crippen LogP contribution in [0.15, 0.2) is 194 Å². The van der Waals surface area contributed by atoms with E-state index < -0.39 is 0 Å². The van der Waals surface area contributed by atoms with Crippen molar-refractivity contribution in [2.75, 3.05) is 0 Å². The molecule has 0 unspecified atom stereocenters. The summed E-state index contributed by atoms with van der Waals surface area (Å²) in [7, 11) is 0. The van der Waals surface area contributed by atoms with Crippen molar-refractivity contribution in [3.8, 4) is 55.6 Å². The van der Waals surface area contributed by atoms with Crippen molar-refractivity contribution in [1.82, 2.24) is 0 Å². The molecule has 0 heteroatoms. The minimum absolute atomic E-state index is 1.21. The molecular formula is C48H32. The standard InChI is InChI=1S/C48H32/c1-4-14-33(15-5-1)37-28-29-41(35-16-6-2-7-17-35)46(32-37)38-26-24-34-25-27-39(31-40(34)30-38)48-44-22-12-10-20-42(44)47(36-18-8-3-9-19-36)43-21-11-13-23-45(43)48/h1-32H. The van der Waals surface area contributed by atoms with E-state index in [4.69, 9.17) is 0 Å². The molecule has 0 bridgehead atoms. The maximum Gasteiger partial charge on any atom is -0.00262 e. The van der Waals surface area contributed by atoms with Gasteiger partial charge in [0.2, 0.25) is 0 Å². The van der Waals surface area contributed by atoms with E-state index >= 15 is 0 Å². The Hall–Kier alpha value is -6.24. The zero-order chi connectivity index (χ0) is 31.9. The van der Waals surface area contributed by atoms with Gasteiger partial charge in [0.25, 0.3) is 0 Å². The summed E-state index contributed by atoms with van der Waals surface area (Å²) in [6, 6.07) is 70.7. The fourth-order valence-corrected chi connectivity index (χ4v) is 7.39. The van der Waals surface area contributed by atoms with E-state index in [1.807, 2.05) is 0 Å². The van der Waals surface area contributed by atoms with Crippen molar-refractivity contribution in [2.45, 2.75) is 0 Å². The molecule has 0 nitrogen and oxygen atoms in total. The van der Waals surface area contributed by atoms with Crippen molar-refractivity contribution in [3.63, 3.8) is 0 Å². The molecule has 0 aromatic heterocycles. The highest BCUT2D eigenvalue weighted by Crippen LogP contribution is 2.44. The molecule has 0 atom stereocenters. The maximum absolute atomic E-state index is 2.39. The first-order chi connectivity index (χ1) is 23.8. The van der Waals surface area contributed by atoms with Gasteiger partial charge in [-0.2, -0.15) is 0 Å². The van der Waals surface area contributed by atoms with Crippen LogP contribution in [0.3, 0.4) is 0 Å². The molecule has 0 radical (unpaired) electrons. The first-order valence-corrected chi connectivity index (χ1v) is 16.6. The highest BCUT2D eigenvalue weighted by Gasteiger charge is 2.17. The lowest BCUT2D eigenvalue weighted by atomic mass is 9.85. The largest absolute Gasteiger partial charge is 0.0622 e. The molecule has 9 rings (SSSR count). The van der Waals surface area contributed by atoms with Crippen LogP contribution in [-0.4, -0.2) is 0 Å². The predicted molar refractivity (Wildman–Crippen MR) is 206 cm³/mol. The molecule has 0 amide bonds. The second-order valence-electron chi connectivity index (χ2n) is 12.5. The molecule has 0 fully saturated rings. The highest BCUT2D eigenvalue weighted by atomic mass is 14.2. The van der Waals surface area contributed by atoms with Crippen LogP contribution in [0.25, 0.3) is 88.0 Å². The monoisotopic (exact) mass is 608 g/mol. The average molecular weight is 609 g/mol. The van der Waals surface area contributed by atoms with E-state index in [1.165, 1.54) is 88.0 Å². The summed E-state index contributed by atoms with van der Waals surface area (Å²) in [5.74, 6) is 0. The molecule has 0 spiro atoms. The Kier molecular flexibility index (Phi) is 6.91. The zero-order valence-electron chi connectivity index (χ0n) is 26.5. The van der Waals surface area contributed by atoms with E-state index in [0.29, 0.717) is 0 Å². The van der Waals surface area contributed by atoms with Crippen molar-refractivity contribution < 1.29 is 0 Å². The fourth-order valence-electron chi connectivity index (χ4n) is 7.39. The van der Waals surface area contributed by atoms with Gasteiger partial charge in [0.1, 0.15) is 0 Å². The topological polar surface area (TPSA) is 0 Å². The van der Waals surface area contributed by atoms with E-state index in [-0.39, 0.29) is 0 Å². The number of hydrogen-bond donors (Lipinski definition) is 0. The Morgan fingerprint density at radius 1 is 0.208 bits per heavy atom. The molecule has 48 heavy (non-hydrogen) atoms. The van der Waals surface area contributed by atoms with Crippen molar-refractivity contribution in [3.05, 3.63) is 194 Å². The molecule has 0 saturated heterocycles. The van der Waals surface area contributed by atoms with Gasteiger partial charge < -0.3 is 0 Å². The van der Waals surface area contributed by atoms with E-state index in [2.05, 4.69) is 194 Å². The van der Waals surface area contributed by atoms with Crippen LogP contribution >= 0.6 is 0 Å². The first kappa shape index (κ1) is 28.0. The van der Waals surface area contributed by atoms with Crippen LogP contribution in [0.5, 0.6) is 0 Å². The molecule has 9 aromatic carbocycles. The molecule has 9 aromatic rings. The number of benzene rings is 9. The van der Waals surface area contributed by atoms with Crippen LogP contribution in [-0.2, 0) is 0 Å². The van der Waals surface area contributed by atoms with Gasteiger partial charge in [-0.15, -0.1) is 0 Å². The van der Waals surface area contributed by atoms with Crippen molar-refractivity contribution in [2.24, 2.45) is 0 Å². The summed E-state index contributed by atoms with van der Waals surface area (Å²) in [5.41, 5.74) is 12.4. The average Bonchev–Trinajstić information content (AvgIpc) is 3.17. The fraction of sp³-hybridized carbons (Fsp3) is 0. The summed E-state index contributed by atoms with van der Waals surface area (Å²) >= 11 is 0. The zero-order valence-corrected chi connectivity index (χ0v) is 26.5. The van der Waals surface area contributed by atoms with E-state index in [0.717, 1.165) is 0 Å². The molecule has 0 saturated carbocycles. The smallest absolute Gasteiger partial charge is 0.00262 e. The van der Waals surface area contributed by atoms with Gasteiger partial charge in [-0.3, -0.25) is 0 Å². The Morgan fingerprint density at radius 3 is 1.23 bits per heavy atom. The lowest BCUT2D eigenvalue weighted by Gasteiger charge is -2.18. The Balaban J connectivity index is 1.26. The Labute approximate surface area is 281 Å². The summed E-state index contributed by atoms with van der Waals surface area (Å²) in [6.07, 6.45) is 0.